The van der Waals surface area contributed by atoms with Crippen LogP contribution in [-0.2, 0) is 11.8 Å². The van der Waals surface area contributed by atoms with Crippen LogP contribution in [0.3, 0.4) is 0 Å². The zero-order valence-corrected chi connectivity index (χ0v) is 16.0. The number of nitrogens with two attached hydrogens (primary N) is 1. The van der Waals surface area contributed by atoms with Crippen LogP contribution in [0.1, 0.15) is 12.8 Å². The predicted octanol–water partition coefficient (Wildman–Crippen LogP) is 2.56. The minimum Gasteiger partial charge on any atom is -0.488 e. The number of aromatic nitrogens is 6. The van der Waals surface area contributed by atoms with Gasteiger partial charge in [-0.25, -0.2) is 15.0 Å². The topological polar surface area (TPSA) is 117 Å². The number of nitrogens with zero attached hydrogens (tertiary/aromatic N) is 5. The Hall–Kier alpha value is -3.46. The van der Waals surface area contributed by atoms with E-state index in [1.807, 2.05) is 31.4 Å². The lowest BCUT2D eigenvalue weighted by atomic mass is 10.1. The van der Waals surface area contributed by atoms with Crippen LogP contribution in [0.15, 0.2) is 36.9 Å². The molecule has 0 radical (unpaired) electrons. The van der Waals surface area contributed by atoms with Gasteiger partial charge in [0.25, 0.3) is 0 Å². The number of ether oxygens (including phenoxy) is 2. The Labute approximate surface area is 166 Å². The number of H-pyrrole nitrogens is 1. The minimum atomic E-state index is 0.135. The summed E-state index contributed by atoms with van der Waals surface area (Å²) >= 11 is 0. The molecule has 0 unspecified atom stereocenters. The molecule has 1 fully saturated rings. The van der Waals surface area contributed by atoms with Gasteiger partial charge in [0.15, 0.2) is 5.65 Å². The fraction of sp³-hybridized carbons (Fsp3) is 0.300. The summed E-state index contributed by atoms with van der Waals surface area (Å²) < 4.78 is 13.2. The second kappa shape index (κ2) is 7.17. The Bertz CT molecular complexity index is 1160. The highest BCUT2D eigenvalue weighted by Gasteiger charge is 2.18. The number of hydrogen-bond donors (Lipinski definition) is 2. The highest BCUT2D eigenvalue weighted by molar-refractivity contribution is 5.89. The third kappa shape index (κ3) is 3.40. The number of hydrogen-bond acceptors (Lipinski definition) is 7. The molecule has 3 N–H and O–H groups in total. The van der Waals surface area contributed by atoms with Crippen LogP contribution in [0.25, 0.3) is 33.8 Å². The molecule has 29 heavy (non-hydrogen) atoms. The van der Waals surface area contributed by atoms with Gasteiger partial charge >= 0.3 is 0 Å². The SMILES string of the molecule is Cn1cc(-c2nc3c(-c4ccc(OC5CCOCC5)c(N)c4)ncnc3[nH]2)cn1. The van der Waals surface area contributed by atoms with Gasteiger partial charge in [-0.05, 0) is 18.2 Å². The summed E-state index contributed by atoms with van der Waals surface area (Å²) in [5.74, 6) is 1.38. The molecule has 1 aliphatic heterocycles. The monoisotopic (exact) mass is 391 g/mol. The van der Waals surface area contributed by atoms with Gasteiger partial charge in [0.2, 0.25) is 0 Å². The number of anilines is 1. The first-order valence-corrected chi connectivity index (χ1v) is 9.51. The van der Waals surface area contributed by atoms with E-state index in [1.165, 1.54) is 6.33 Å². The number of benzene rings is 1. The molecule has 3 aromatic heterocycles. The third-order valence-corrected chi connectivity index (χ3v) is 5.01. The molecule has 5 rings (SSSR count). The lowest BCUT2D eigenvalue weighted by Crippen LogP contribution is -2.26. The molecular formula is C20H21N7O2. The van der Waals surface area contributed by atoms with E-state index in [9.17, 15) is 0 Å². The summed E-state index contributed by atoms with van der Waals surface area (Å²) in [6.45, 7) is 1.44. The van der Waals surface area contributed by atoms with Crippen molar-refractivity contribution in [2.45, 2.75) is 18.9 Å². The number of nitrogen functional groups attached to an aromatic ring is 1. The Morgan fingerprint density at radius 3 is 2.83 bits per heavy atom. The van der Waals surface area contributed by atoms with Gasteiger partial charge in [-0.2, -0.15) is 5.10 Å². The van der Waals surface area contributed by atoms with E-state index >= 15 is 0 Å². The van der Waals surface area contributed by atoms with E-state index in [-0.39, 0.29) is 6.10 Å². The maximum atomic E-state index is 6.28. The third-order valence-electron chi connectivity index (χ3n) is 5.01. The average molecular weight is 391 g/mol. The van der Waals surface area contributed by atoms with E-state index in [1.54, 1.807) is 10.9 Å². The van der Waals surface area contributed by atoms with Crippen molar-refractivity contribution in [3.05, 3.63) is 36.9 Å². The van der Waals surface area contributed by atoms with Crippen LogP contribution >= 0.6 is 0 Å². The van der Waals surface area contributed by atoms with Crippen LogP contribution in [0.5, 0.6) is 5.75 Å². The first kappa shape index (κ1) is 17.6. The van der Waals surface area contributed by atoms with Gasteiger partial charge in [0.1, 0.15) is 35.2 Å². The van der Waals surface area contributed by atoms with Gasteiger partial charge in [0.05, 0.1) is 30.7 Å². The molecule has 1 aromatic carbocycles. The fourth-order valence-electron chi connectivity index (χ4n) is 3.50. The number of fused-ring (bicyclic) bond motifs is 1. The number of aromatic amines is 1. The normalized spacial score (nSPS) is 15.1. The average Bonchev–Trinajstić information content (AvgIpc) is 3.36. The van der Waals surface area contributed by atoms with Crippen molar-refractivity contribution in [2.75, 3.05) is 18.9 Å². The molecule has 4 heterocycles. The summed E-state index contributed by atoms with van der Waals surface area (Å²) in [6.07, 6.45) is 7.05. The first-order chi connectivity index (χ1) is 14.2. The van der Waals surface area contributed by atoms with Gasteiger partial charge in [-0.15, -0.1) is 0 Å². The van der Waals surface area contributed by atoms with Crippen molar-refractivity contribution in [1.82, 2.24) is 29.7 Å². The van der Waals surface area contributed by atoms with Crippen molar-refractivity contribution < 1.29 is 9.47 Å². The van der Waals surface area contributed by atoms with Crippen LogP contribution < -0.4 is 10.5 Å². The predicted molar refractivity (Wildman–Crippen MR) is 108 cm³/mol. The molecule has 0 atom stereocenters. The van der Waals surface area contributed by atoms with Gasteiger partial charge < -0.3 is 20.2 Å². The van der Waals surface area contributed by atoms with E-state index in [0.29, 0.717) is 34.1 Å². The summed E-state index contributed by atoms with van der Waals surface area (Å²) in [5, 5.41) is 4.20. The molecule has 0 bridgehead atoms. The molecule has 148 valence electrons. The van der Waals surface area contributed by atoms with Crippen molar-refractivity contribution >= 4 is 16.9 Å². The van der Waals surface area contributed by atoms with Gasteiger partial charge in [0, 0.05) is 31.6 Å². The summed E-state index contributed by atoms with van der Waals surface area (Å²) in [4.78, 5) is 16.7. The second-order valence-corrected chi connectivity index (χ2v) is 7.09. The highest BCUT2D eigenvalue weighted by Crippen LogP contribution is 2.32. The number of imidazole rings is 1. The largest absolute Gasteiger partial charge is 0.488 e. The molecule has 0 saturated carbocycles. The molecule has 4 aromatic rings. The summed E-state index contributed by atoms with van der Waals surface area (Å²) in [6, 6.07) is 5.71. The molecule has 0 amide bonds. The smallest absolute Gasteiger partial charge is 0.161 e. The van der Waals surface area contributed by atoms with Crippen LogP contribution in [0, 0.1) is 0 Å². The van der Waals surface area contributed by atoms with E-state index < -0.39 is 0 Å². The maximum absolute atomic E-state index is 6.28. The van der Waals surface area contributed by atoms with Crippen molar-refractivity contribution in [2.24, 2.45) is 7.05 Å². The Kier molecular flexibility index (Phi) is 4.36. The number of rotatable bonds is 4. The van der Waals surface area contributed by atoms with Crippen molar-refractivity contribution in [3.63, 3.8) is 0 Å². The van der Waals surface area contributed by atoms with Crippen LogP contribution in [0.2, 0.25) is 0 Å². The molecule has 1 saturated heterocycles. The molecule has 0 aliphatic carbocycles. The second-order valence-electron chi connectivity index (χ2n) is 7.09. The Morgan fingerprint density at radius 2 is 2.07 bits per heavy atom. The Balaban J connectivity index is 1.48. The lowest BCUT2D eigenvalue weighted by Gasteiger charge is -2.24. The number of nitrogens with one attached hydrogen (secondary N) is 1. The minimum absolute atomic E-state index is 0.135. The highest BCUT2D eigenvalue weighted by atomic mass is 16.5. The van der Waals surface area contributed by atoms with E-state index in [4.69, 9.17) is 20.2 Å². The Morgan fingerprint density at radius 1 is 1.21 bits per heavy atom. The molecule has 1 aliphatic rings. The van der Waals surface area contributed by atoms with Crippen molar-refractivity contribution in [1.29, 1.82) is 0 Å². The number of aryl methyl sites for hydroxylation is 1. The van der Waals surface area contributed by atoms with Gasteiger partial charge in [-0.3, -0.25) is 4.68 Å². The molecule has 0 spiro atoms. The van der Waals surface area contributed by atoms with E-state index in [2.05, 4.69) is 20.1 Å². The fourth-order valence-corrected chi connectivity index (χ4v) is 3.50. The summed E-state index contributed by atoms with van der Waals surface area (Å²) in [7, 11) is 1.87. The van der Waals surface area contributed by atoms with Gasteiger partial charge in [-0.1, -0.05) is 0 Å². The lowest BCUT2D eigenvalue weighted by molar-refractivity contribution is 0.0259. The maximum Gasteiger partial charge on any atom is 0.161 e. The first-order valence-electron chi connectivity index (χ1n) is 9.51. The molecule has 9 nitrogen and oxygen atoms in total. The summed E-state index contributed by atoms with van der Waals surface area (Å²) in [5.41, 5.74) is 10.7. The molecular weight excluding hydrogens is 370 g/mol. The zero-order chi connectivity index (χ0) is 19.8. The molecule has 9 heteroatoms. The zero-order valence-electron chi connectivity index (χ0n) is 16.0. The quantitative estimate of drug-likeness (QED) is 0.513. The van der Waals surface area contributed by atoms with Crippen molar-refractivity contribution in [3.8, 4) is 28.4 Å². The van der Waals surface area contributed by atoms with Crippen LogP contribution in [-0.4, -0.2) is 49.0 Å². The van der Waals surface area contributed by atoms with Crippen LogP contribution in [0.4, 0.5) is 5.69 Å². The standard InChI is InChI=1S/C20H21N7O2/c1-27-10-13(9-24-27)19-25-18-17(22-11-23-20(18)26-19)12-2-3-16(15(21)8-12)29-14-4-6-28-7-5-14/h2-3,8-11,14H,4-7,21H2,1H3,(H,22,23,25,26). The van der Waals surface area contributed by atoms with E-state index in [0.717, 1.165) is 37.2 Å².